The summed E-state index contributed by atoms with van der Waals surface area (Å²) >= 11 is 0. The number of anilines is 1. The van der Waals surface area contributed by atoms with Crippen molar-refractivity contribution in [1.29, 1.82) is 0 Å². The van der Waals surface area contributed by atoms with Crippen LogP contribution in [0.15, 0.2) is 12.3 Å². The largest absolute Gasteiger partial charge is 0.418 e. The smallest absolute Gasteiger partial charge is 0.395 e. The summed E-state index contributed by atoms with van der Waals surface area (Å²) in [5.41, 5.74) is 2.64. The molecule has 12 heavy (non-hydrogen) atoms. The zero-order chi connectivity index (χ0) is 9.35. The molecule has 0 aliphatic rings. The van der Waals surface area contributed by atoms with E-state index in [1.165, 1.54) is 0 Å². The zero-order valence-electron chi connectivity index (χ0n) is 5.69. The van der Waals surface area contributed by atoms with Gasteiger partial charge < -0.3 is 5.73 Å². The Morgan fingerprint density at radius 1 is 1.33 bits per heavy atom. The summed E-state index contributed by atoms with van der Waals surface area (Å²) < 4.78 is 48.2. The minimum Gasteiger partial charge on any atom is -0.395 e. The molecule has 1 rings (SSSR count). The van der Waals surface area contributed by atoms with Crippen LogP contribution < -0.4 is 5.73 Å². The van der Waals surface area contributed by atoms with E-state index in [-0.39, 0.29) is 0 Å². The van der Waals surface area contributed by atoms with Crippen molar-refractivity contribution in [3.8, 4) is 0 Å². The normalized spacial score (nSPS) is 11.7. The van der Waals surface area contributed by atoms with Crippen LogP contribution in [-0.4, -0.2) is 4.98 Å². The number of alkyl halides is 3. The van der Waals surface area contributed by atoms with Crippen molar-refractivity contribution in [2.24, 2.45) is 0 Å². The summed E-state index contributed by atoms with van der Waals surface area (Å²) in [6.45, 7) is 0. The van der Waals surface area contributed by atoms with Gasteiger partial charge in [-0.3, -0.25) is 0 Å². The van der Waals surface area contributed by atoms with Crippen LogP contribution >= 0.6 is 0 Å². The molecule has 0 radical (unpaired) electrons. The summed E-state index contributed by atoms with van der Waals surface area (Å²) in [7, 11) is 0. The number of rotatable bonds is 0. The summed E-state index contributed by atoms with van der Waals surface area (Å²) in [6.07, 6.45) is -3.91. The maximum atomic E-state index is 12.4. The molecule has 1 aromatic rings. The Morgan fingerprint density at radius 2 is 1.92 bits per heavy atom. The summed E-state index contributed by atoms with van der Waals surface area (Å²) in [5, 5.41) is 0. The van der Waals surface area contributed by atoms with Gasteiger partial charge >= 0.3 is 6.18 Å². The van der Waals surface area contributed by atoms with E-state index >= 15 is 0 Å². The van der Waals surface area contributed by atoms with Crippen molar-refractivity contribution in [1.82, 2.24) is 4.98 Å². The Labute approximate surface area is 65.0 Å². The van der Waals surface area contributed by atoms with Gasteiger partial charge in [0.25, 0.3) is 0 Å². The molecule has 1 aromatic heterocycles. The van der Waals surface area contributed by atoms with Crippen molar-refractivity contribution >= 4 is 5.69 Å². The Morgan fingerprint density at radius 3 is 2.33 bits per heavy atom. The van der Waals surface area contributed by atoms with E-state index in [0.717, 1.165) is 0 Å². The van der Waals surface area contributed by atoms with E-state index in [1.807, 2.05) is 0 Å². The minimum atomic E-state index is -4.63. The molecule has 0 aromatic carbocycles. The second-order valence-corrected chi connectivity index (χ2v) is 2.06. The Balaban J connectivity index is 3.26. The van der Waals surface area contributed by atoms with Crippen LogP contribution in [0.2, 0.25) is 0 Å². The Kier molecular flexibility index (Phi) is 1.91. The number of hydrogen-bond donors (Lipinski definition) is 1. The number of aromatic nitrogens is 1. The average Bonchev–Trinajstić information content (AvgIpc) is 1.92. The molecule has 0 saturated heterocycles. The van der Waals surface area contributed by atoms with Gasteiger partial charge in [-0.1, -0.05) is 0 Å². The van der Waals surface area contributed by atoms with Crippen molar-refractivity contribution < 1.29 is 17.6 Å². The van der Waals surface area contributed by atoms with Crippen LogP contribution in [0.3, 0.4) is 0 Å². The third kappa shape index (κ3) is 1.46. The van der Waals surface area contributed by atoms with E-state index in [4.69, 9.17) is 5.73 Å². The van der Waals surface area contributed by atoms with Crippen LogP contribution in [0.4, 0.5) is 23.2 Å². The zero-order valence-corrected chi connectivity index (χ0v) is 5.69. The molecule has 0 atom stereocenters. The van der Waals surface area contributed by atoms with Crippen LogP contribution in [0.1, 0.15) is 5.56 Å². The quantitative estimate of drug-likeness (QED) is 0.488. The molecule has 0 aliphatic heterocycles. The highest BCUT2D eigenvalue weighted by Gasteiger charge is 2.34. The highest BCUT2D eigenvalue weighted by atomic mass is 19.4. The second kappa shape index (κ2) is 2.62. The minimum absolute atomic E-state index is 0.623. The Bertz CT molecular complexity index is 294. The van der Waals surface area contributed by atoms with Gasteiger partial charge in [0.05, 0.1) is 11.3 Å². The number of halogens is 4. The van der Waals surface area contributed by atoms with Crippen LogP contribution in [-0.2, 0) is 6.18 Å². The van der Waals surface area contributed by atoms with Crippen LogP contribution in [0.25, 0.3) is 0 Å². The molecule has 0 saturated carbocycles. The van der Waals surface area contributed by atoms with Gasteiger partial charge in [-0.2, -0.15) is 17.6 Å². The average molecular weight is 180 g/mol. The summed E-state index contributed by atoms with van der Waals surface area (Å²) in [6, 6.07) is 0.623. The predicted octanol–water partition coefficient (Wildman–Crippen LogP) is 1.82. The first kappa shape index (κ1) is 8.76. The van der Waals surface area contributed by atoms with Crippen molar-refractivity contribution in [3.05, 3.63) is 23.8 Å². The van der Waals surface area contributed by atoms with Gasteiger partial charge in [-0.25, -0.2) is 4.98 Å². The Hall–Kier alpha value is -1.33. The molecular weight excluding hydrogens is 176 g/mol. The SMILES string of the molecule is Nc1c(C(F)(F)F)ccnc1F. The summed E-state index contributed by atoms with van der Waals surface area (Å²) in [5.74, 6) is -1.30. The van der Waals surface area contributed by atoms with Gasteiger partial charge in [0.2, 0.25) is 5.95 Å². The lowest BCUT2D eigenvalue weighted by Crippen LogP contribution is -2.10. The van der Waals surface area contributed by atoms with Gasteiger partial charge in [-0.15, -0.1) is 0 Å². The number of nitrogens with two attached hydrogens (primary N) is 1. The van der Waals surface area contributed by atoms with Crippen molar-refractivity contribution in [3.63, 3.8) is 0 Å². The molecule has 0 amide bonds. The van der Waals surface area contributed by atoms with E-state index in [1.54, 1.807) is 0 Å². The van der Waals surface area contributed by atoms with Gasteiger partial charge in [-0.05, 0) is 6.07 Å². The second-order valence-electron chi connectivity index (χ2n) is 2.06. The lowest BCUT2D eigenvalue weighted by molar-refractivity contribution is -0.137. The first-order valence-corrected chi connectivity index (χ1v) is 2.90. The molecule has 0 bridgehead atoms. The molecule has 66 valence electrons. The molecule has 2 N–H and O–H groups in total. The van der Waals surface area contributed by atoms with Crippen molar-refractivity contribution in [2.45, 2.75) is 6.18 Å². The highest BCUT2D eigenvalue weighted by Crippen LogP contribution is 2.33. The number of pyridine rings is 1. The molecule has 1 heterocycles. The fourth-order valence-corrected chi connectivity index (χ4v) is 0.695. The standard InChI is InChI=1S/C6H4F4N2/c7-5-4(11)3(1-2-12-5)6(8,9)10/h1-2H,11H2. The highest BCUT2D eigenvalue weighted by molar-refractivity contribution is 5.46. The monoisotopic (exact) mass is 180 g/mol. The topological polar surface area (TPSA) is 38.9 Å². The molecule has 0 spiro atoms. The molecule has 2 nitrogen and oxygen atoms in total. The van der Waals surface area contributed by atoms with E-state index < -0.39 is 23.4 Å². The van der Waals surface area contributed by atoms with Gasteiger partial charge in [0.15, 0.2) is 0 Å². The lowest BCUT2D eigenvalue weighted by atomic mass is 10.2. The van der Waals surface area contributed by atoms with E-state index in [0.29, 0.717) is 12.3 Å². The van der Waals surface area contributed by atoms with Crippen LogP contribution in [0, 0.1) is 5.95 Å². The molecule has 0 unspecified atom stereocenters. The molecule has 6 heteroatoms. The van der Waals surface area contributed by atoms with Crippen molar-refractivity contribution in [2.75, 3.05) is 5.73 Å². The fraction of sp³-hybridized carbons (Fsp3) is 0.167. The van der Waals surface area contributed by atoms with Gasteiger partial charge in [0.1, 0.15) is 0 Å². The lowest BCUT2D eigenvalue weighted by Gasteiger charge is -2.08. The molecule has 0 aliphatic carbocycles. The first-order chi connectivity index (χ1) is 5.43. The maximum Gasteiger partial charge on any atom is 0.418 e. The van der Waals surface area contributed by atoms with E-state index in [9.17, 15) is 17.6 Å². The first-order valence-electron chi connectivity index (χ1n) is 2.90. The summed E-state index contributed by atoms with van der Waals surface area (Å²) in [4.78, 5) is 2.96. The number of nitrogens with zero attached hydrogens (tertiary/aromatic N) is 1. The molecular formula is C6H4F4N2. The predicted molar refractivity (Wildman–Crippen MR) is 33.6 cm³/mol. The number of hydrogen-bond acceptors (Lipinski definition) is 2. The molecule has 0 fully saturated rings. The third-order valence-electron chi connectivity index (χ3n) is 1.25. The van der Waals surface area contributed by atoms with Gasteiger partial charge in [0, 0.05) is 6.20 Å². The maximum absolute atomic E-state index is 12.4. The third-order valence-corrected chi connectivity index (χ3v) is 1.25. The fourth-order valence-electron chi connectivity index (χ4n) is 0.695. The van der Waals surface area contributed by atoms with E-state index in [2.05, 4.69) is 4.98 Å². The van der Waals surface area contributed by atoms with Crippen LogP contribution in [0.5, 0.6) is 0 Å². The number of nitrogen functional groups attached to an aromatic ring is 1.